The molecule has 0 saturated carbocycles. The number of aromatic carboxylic acids is 1. The Morgan fingerprint density at radius 1 is 1.35 bits per heavy atom. The number of nitrogens with one attached hydrogen (secondary N) is 1. The van der Waals surface area contributed by atoms with E-state index in [-0.39, 0.29) is 17.1 Å². The summed E-state index contributed by atoms with van der Waals surface area (Å²) >= 11 is 0. The van der Waals surface area contributed by atoms with Crippen LogP contribution in [0.25, 0.3) is 0 Å². The van der Waals surface area contributed by atoms with E-state index in [1.807, 2.05) is 0 Å². The molecular formula is C11H7N3O6. The Kier molecular flexibility index (Phi) is 3.42. The van der Waals surface area contributed by atoms with Crippen LogP contribution in [0, 0.1) is 10.1 Å². The van der Waals surface area contributed by atoms with Crippen LogP contribution in [0.3, 0.4) is 0 Å². The molecular weight excluding hydrogens is 270 g/mol. The number of carbonyl (C=O) groups is 2. The van der Waals surface area contributed by atoms with Gasteiger partial charge in [-0.15, -0.1) is 0 Å². The average molecular weight is 277 g/mol. The number of pyridine rings is 1. The van der Waals surface area contributed by atoms with Crippen molar-refractivity contribution in [3.05, 3.63) is 52.0 Å². The summed E-state index contributed by atoms with van der Waals surface area (Å²) in [5.74, 6) is -2.79. The molecule has 0 fully saturated rings. The molecule has 2 aromatic rings. The third-order valence-electron chi connectivity index (χ3n) is 2.23. The minimum Gasteiger partial charge on any atom is -0.477 e. The van der Waals surface area contributed by atoms with Crippen molar-refractivity contribution < 1.29 is 24.0 Å². The van der Waals surface area contributed by atoms with Crippen molar-refractivity contribution in [2.24, 2.45) is 0 Å². The lowest BCUT2D eigenvalue weighted by Crippen LogP contribution is -2.12. The second-order valence-corrected chi connectivity index (χ2v) is 3.58. The number of nitro groups is 1. The van der Waals surface area contributed by atoms with Gasteiger partial charge in [0.2, 0.25) is 0 Å². The standard InChI is InChI=1S/C11H7N3O6/c15-10(8-1-2-9(20-8)14(18)19)13-6-3-4-12-7(5-6)11(16)17/h1-5H,(H,16,17)(H,12,13,15). The highest BCUT2D eigenvalue weighted by atomic mass is 16.6. The van der Waals surface area contributed by atoms with Crippen molar-refractivity contribution in [1.29, 1.82) is 0 Å². The zero-order valence-electron chi connectivity index (χ0n) is 9.77. The number of furan rings is 1. The zero-order chi connectivity index (χ0) is 14.7. The third-order valence-corrected chi connectivity index (χ3v) is 2.23. The van der Waals surface area contributed by atoms with Crippen molar-refractivity contribution in [1.82, 2.24) is 4.98 Å². The highest BCUT2D eigenvalue weighted by molar-refractivity contribution is 6.02. The molecule has 2 rings (SSSR count). The van der Waals surface area contributed by atoms with Gasteiger partial charge in [0.05, 0.1) is 6.07 Å². The van der Waals surface area contributed by atoms with Gasteiger partial charge in [0.25, 0.3) is 5.91 Å². The number of amides is 1. The van der Waals surface area contributed by atoms with Gasteiger partial charge in [-0.1, -0.05) is 0 Å². The minimum atomic E-state index is -1.24. The number of hydrogen-bond donors (Lipinski definition) is 2. The second kappa shape index (κ2) is 5.18. The van der Waals surface area contributed by atoms with Gasteiger partial charge in [-0.3, -0.25) is 14.9 Å². The average Bonchev–Trinajstić information content (AvgIpc) is 2.88. The molecule has 20 heavy (non-hydrogen) atoms. The Morgan fingerprint density at radius 3 is 2.70 bits per heavy atom. The summed E-state index contributed by atoms with van der Waals surface area (Å²) in [4.78, 5) is 35.7. The molecule has 2 N–H and O–H groups in total. The number of hydrogen-bond acceptors (Lipinski definition) is 6. The third kappa shape index (κ3) is 2.77. The molecule has 0 aliphatic rings. The van der Waals surface area contributed by atoms with Crippen molar-refractivity contribution in [3.63, 3.8) is 0 Å². The zero-order valence-corrected chi connectivity index (χ0v) is 9.77. The Hall–Kier alpha value is -3.23. The van der Waals surface area contributed by atoms with Gasteiger partial charge < -0.3 is 14.8 Å². The molecule has 0 bridgehead atoms. The van der Waals surface area contributed by atoms with Crippen molar-refractivity contribution in [2.75, 3.05) is 5.32 Å². The molecule has 0 spiro atoms. The number of carboxylic acids is 1. The molecule has 0 saturated heterocycles. The minimum absolute atomic E-state index is 0.182. The molecule has 0 atom stereocenters. The van der Waals surface area contributed by atoms with Crippen LogP contribution >= 0.6 is 0 Å². The number of anilines is 1. The van der Waals surface area contributed by atoms with Crippen LogP contribution < -0.4 is 5.32 Å². The lowest BCUT2D eigenvalue weighted by molar-refractivity contribution is -0.402. The number of carboxylic acid groups (broad SMARTS) is 1. The summed E-state index contributed by atoms with van der Waals surface area (Å²) in [6.07, 6.45) is 1.21. The normalized spacial score (nSPS) is 10.0. The summed E-state index contributed by atoms with van der Waals surface area (Å²) in [6, 6.07) is 4.72. The molecule has 0 aliphatic carbocycles. The summed E-state index contributed by atoms with van der Waals surface area (Å²) in [6.45, 7) is 0. The highest BCUT2D eigenvalue weighted by Crippen LogP contribution is 2.17. The van der Waals surface area contributed by atoms with Gasteiger partial charge in [0.1, 0.15) is 10.6 Å². The topological polar surface area (TPSA) is 136 Å². The van der Waals surface area contributed by atoms with Crippen molar-refractivity contribution in [3.8, 4) is 0 Å². The molecule has 9 heteroatoms. The fourth-order valence-electron chi connectivity index (χ4n) is 1.37. The van der Waals surface area contributed by atoms with Gasteiger partial charge >= 0.3 is 11.9 Å². The van der Waals surface area contributed by atoms with Crippen LogP contribution in [0.1, 0.15) is 21.0 Å². The van der Waals surface area contributed by atoms with Crippen molar-refractivity contribution in [2.45, 2.75) is 0 Å². The SMILES string of the molecule is O=C(O)c1cc(NC(=O)c2ccc([N+](=O)[O-])o2)ccn1. The Labute approximate surface area is 111 Å². The summed E-state index contributed by atoms with van der Waals surface area (Å²) in [5, 5.41) is 21.5. The van der Waals surface area contributed by atoms with E-state index in [2.05, 4.69) is 10.3 Å². The fourth-order valence-corrected chi connectivity index (χ4v) is 1.37. The maximum Gasteiger partial charge on any atom is 0.433 e. The van der Waals surface area contributed by atoms with Crippen LogP contribution in [-0.4, -0.2) is 26.9 Å². The Morgan fingerprint density at radius 2 is 2.10 bits per heavy atom. The first-order valence-electron chi connectivity index (χ1n) is 5.22. The van der Waals surface area contributed by atoms with Gasteiger partial charge in [0, 0.05) is 11.9 Å². The number of aromatic nitrogens is 1. The molecule has 0 aliphatic heterocycles. The van der Waals surface area contributed by atoms with E-state index in [0.717, 1.165) is 18.2 Å². The molecule has 1 amide bonds. The molecule has 2 heterocycles. The molecule has 9 nitrogen and oxygen atoms in total. The summed E-state index contributed by atoms with van der Waals surface area (Å²) in [7, 11) is 0. The van der Waals surface area contributed by atoms with E-state index in [1.54, 1.807) is 0 Å². The maximum absolute atomic E-state index is 11.7. The Balaban J connectivity index is 2.16. The summed E-state index contributed by atoms with van der Waals surface area (Å²) < 4.78 is 4.71. The smallest absolute Gasteiger partial charge is 0.433 e. The van der Waals surface area contributed by atoms with Crippen LogP contribution in [0.15, 0.2) is 34.9 Å². The van der Waals surface area contributed by atoms with E-state index in [4.69, 9.17) is 9.52 Å². The van der Waals surface area contributed by atoms with E-state index in [1.165, 1.54) is 12.3 Å². The maximum atomic E-state index is 11.7. The van der Waals surface area contributed by atoms with Crippen LogP contribution in [0.5, 0.6) is 0 Å². The van der Waals surface area contributed by atoms with E-state index >= 15 is 0 Å². The first-order valence-corrected chi connectivity index (χ1v) is 5.22. The lowest BCUT2D eigenvalue weighted by atomic mass is 10.3. The second-order valence-electron chi connectivity index (χ2n) is 3.58. The number of nitrogens with zero attached hydrogens (tertiary/aromatic N) is 2. The van der Waals surface area contributed by atoms with Crippen LogP contribution in [0.2, 0.25) is 0 Å². The largest absolute Gasteiger partial charge is 0.477 e. The predicted octanol–water partition coefficient (Wildman–Crippen LogP) is 1.53. The fraction of sp³-hybridized carbons (Fsp3) is 0. The van der Waals surface area contributed by atoms with Gasteiger partial charge in [0.15, 0.2) is 5.76 Å². The van der Waals surface area contributed by atoms with Crippen molar-refractivity contribution >= 4 is 23.4 Å². The van der Waals surface area contributed by atoms with Crippen LogP contribution in [-0.2, 0) is 0 Å². The lowest BCUT2D eigenvalue weighted by Gasteiger charge is -2.03. The molecule has 0 radical (unpaired) electrons. The molecule has 0 unspecified atom stereocenters. The van der Waals surface area contributed by atoms with E-state index < -0.39 is 22.7 Å². The van der Waals surface area contributed by atoms with E-state index in [9.17, 15) is 19.7 Å². The summed E-state index contributed by atoms with van der Waals surface area (Å²) in [5.41, 5.74) is -0.0605. The quantitative estimate of drug-likeness (QED) is 0.638. The molecule has 102 valence electrons. The monoisotopic (exact) mass is 277 g/mol. The highest BCUT2D eigenvalue weighted by Gasteiger charge is 2.17. The van der Waals surface area contributed by atoms with Gasteiger partial charge in [-0.25, -0.2) is 9.78 Å². The van der Waals surface area contributed by atoms with Crippen LogP contribution in [0.4, 0.5) is 11.6 Å². The first-order chi connectivity index (χ1) is 9.47. The Bertz CT molecular complexity index is 693. The number of carbonyl (C=O) groups excluding carboxylic acids is 1. The number of rotatable bonds is 4. The van der Waals surface area contributed by atoms with Gasteiger partial charge in [-0.2, -0.15) is 0 Å². The molecule has 2 aromatic heterocycles. The predicted molar refractivity (Wildman–Crippen MR) is 64.5 cm³/mol. The molecule has 0 aromatic carbocycles. The first kappa shape index (κ1) is 13.2. The van der Waals surface area contributed by atoms with E-state index in [0.29, 0.717) is 0 Å². The van der Waals surface area contributed by atoms with Gasteiger partial charge in [-0.05, 0) is 18.2 Å².